The number of sulfonamides is 1. The topological polar surface area (TPSA) is 84.9 Å². The Morgan fingerprint density at radius 2 is 1.93 bits per heavy atom. The van der Waals surface area contributed by atoms with E-state index in [1.807, 2.05) is 18.2 Å². The van der Waals surface area contributed by atoms with Crippen LogP contribution in [0.4, 0.5) is 5.69 Å². The van der Waals surface area contributed by atoms with Gasteiger partial charge in [-0.2, -0.15) is 4.31 Å². The molecule has 2 aromatic rings. The van der Waals surface area contributed by atoms with E-state index in [1.165, 1.54) is 24.6 Å². The van der Waals surface area contributed by atoms with Crippen molar-refractivity contribution in [3.8, 4) is 11.5 Å². The highest BCUT2D eigenvalue weighted by molar-refractivity contribution is 9.10. The SMILES string of the molecule is COc1ccc(OC)c(S(=O)(=O)N2CCC[C@H](C(=O)Nc3ccccc3Br)C2)c1. The van der Waals surface area contributed by atoms with Crippen molar-refractivity contribution in [1.82, 2.24) is 4.31 Å². The van der Waals surface area contributed by atoms with E-state index in [0.29, 0.717) is 30.8 Å². The quantitative estimate of drug-likeness (QED) is 0.680. The second-order valence-electron chi connectivity index (χ2n) is 6.69. The number of piperidine rings is 1. The number of ether oxygens (including phenoxy) is 2. The molecule has 2 aromatic carbocycles. The first kappa shape index (κ1) is 21.6. The monoisotopic (exact) mass is 482 g/mol. The molecule has 1 N–H and O–H groups in total. The van der Waals surface area contributed by atoms with E-state index in [4.69, 9.17) is 9.47 Å². The number of anilines is 1. The first-order chi connectivity index (χ1) is 13.9. The molecule has 0 bridgehead atoms. The third kappa shape index (κ3) is 4.73. The Morgan fingerprint density at radius 3 is 2.62 bits per heavy atom. The summed E-state index contributed by atoms with van der Waals surface area (Å²) in [6.45, 7) is 0.459. The van der Waals surface area contributed by atoms with Gasteiger partial charge in [-0.3, -0.25) is 4.79 Å². The average molecular weight is 483 g/mol. The van der Waals surface area contributed by atoms with Gasteiger partial charge in [0.25, 0.3) is 0 Å². The summed E-state index contributed by atoms with van der Waals surface area (Å²) in [7, 11) is -0.951. The van der Waals surface area contributed by atoms with E-state index in [-0.39, 0.29) is 23.1 Å². The highest BCUT2D eigenvalue weighted by Gasteiger charge is 2.35. The Labute approximate surface area is 179 Å². The van der Waals surface area contributed by atoms with Gasteiger partial charge in [-0.05, 0) is 53.0 Å². The first-order valence-electron chi connectivity index (χ1n) is 9.14. The highest BCUT2D eigenvalue weighted by Crippen LogP contribution is 2.33. The summed E-state index contributed by atoms with van der Waals surface area (Å²) in [6.07, 6.45) is 1.22. The number of carbonyl (C=O) groups excluding carboxylic acids is 1. The molecule has 0 unspecified atom stereocenters. The molecule has 29 heavy (non-hydrogen) atoms. The number of rotatable bonds is 6. The maximum Gasteiger partial charge on any atom is 0.246 e. The molecule has 1 heterocycles. The van der Waals surface area contributed by atoms with Gasteiger partial charge in [-0.25, -0.2) is 8.42 Å². The molecule has 0 saturated carbocycles. The van der Waals surface area contributed by atoms with Crippen LogP contribution in [0.15, 0.2) is 51.8 Å². The van der Waals surface area contributed by atoms with Crippen LogP contribution in [-0.2, 0) is 14.8 Å². The van der Waals surface area contributed by atoms with E-state index >= 15 is 0 Å². The van der Waals surface area contributed by atoms with Crippen LogP contribution in [-0.4, -0.2) is 45.9 Å². The fourth-order valence-electron chi connectivity index (χ4n) is 3.30. The molecule has 0 aliphatic carbocycles. The predicted molar refractivity (Wildman–Crippen MR) is 114 cm³/mol. The smallest absolute Gasteiger partial charge is 0.246 e. The van der Waals surface area contributed by atoms with Crippen molar-refractivity contribution in [2.75, 3.05) is 32.6 Å². The molecule has 1 fully saturated rings. The number of carbonyl (C=O) groups is 1. The van der Waals surface area contributed by atoms with Crippen molar-refractivity contribution in [2.45, 2.75) is 17.7 Å². The third-order valence-corrected chi connectivity index (χ3v) is 7.45. The molecule has 1 amide bonds. The largest absolute Gasteiger partial charge is 0.497 e. The van der Waals surface area contributed by atoms with Gasteiger partial charge in [0.05, 0.1) is 25.8 Å². The van der Waals surface area contributed by atoms with E-state index < -0.39 is 15.9 Å². The molecule has 1 saturated heterocycles. The molecule has 0 aromatic heterocycles. The number of halogens is 1. The summed E-state index contributed by atoms with van der Waals surface area (Å²) in [4.78, 5) is 12.8. The van der Waals surface area contributed by atoms with E-state index in [2.05, 4.69) is 21.2 Å². The van der Waals surface area contributed by atoms with Gasteiger partial charge in [0, 0.05) is 23.6 Å². The molecule has 7 nitrogen and oxygen atoms in total. The summed E-state index contributed by atoms with van der Waals surface area (Å²) >= 11 is 3.41. The molecular weight excluding hydrogens is 460 g/mol. The summed E-state index contributed by atoms with van der Waals surface area (Å²) in [5.41, 5.74) is 0.659. The van der Waals surface area contributed by atoms with Gasteiger partial charge < -0.3 is 14.8 Å². The van der Waals surface area contributed by atoms with Crippen molar-refractivity contribution in [3.05, 3.63) is 46.9 Å². The zero-order valence-corrected chi connectivity index (χ0v) is 18.6. The van der Waals surface area contributed by atoms with Gasteiger partial charge in [0.2, 0.25) is 15.9 Å². The second-order valence-corrected chi connectivity index (χ2v) is 9.45. The Morgan fingerprint density at radius 1 is 1.17 bits per heavy atom. The minimum Gasteiger partial charge on any atom is -0.497 e. The number of nitrogens with one attached hydrogen (secondary N) is 1. The van der Waals surface area contributed by atoms with Crippen molar-refractivity contribution in [1.29, 1.82) is 0 Å². The van der Waals surface area contributed by atoms with Gasteiger partial charge >= 0.3 is 0 Å². The molecule has 0 radical (unpaired) electrons. The maximum absolute atomic E-state index is 13.3. The molecule has 156 valence electrons. The van der Waals surface area contributed by atoms with E-state index in [1.54, 1.807) is 18.2 Å². The summed E-state index contributed by atoms with van der Waals surface area (Å²) in [5, 5.41) is 2.88. The molecule has 1 atom stereocenters. The number of para-hydroxylation sites is 1. The van der Waals surface area contributed by atoms with Gasteiger partial charge in [0.15, 0.2) is 0 Å². The minimum atomic E-state index is -3.85. The van der Waals surface area contributed by atoms with Crippen LogP contribution < -0.4 is 14.8 Å². The lowest BCUT2D eigenvalue weighted by Crippen LogP contribution is -2.43. The van der Waals surface area contributed by atoms with Crippen molar-refractivity contribution in [2.24, 2.45) is 5.92 Å². The lowest BCUT2D eigenvalue weighted by molar-refractivity contribution is -0.120. The first-order valence-corrected chi connectivity index (χ1v) is 11.4. The minimum absolute atomic E-state index is 0.0335. The maximum atomic E-state index is 13.3. The molecule has 0 spiro atoms. The van der Waals surface area contributed by atoms with Crippen LogP contribution in [0.5, 0.6) is 11.5 Å². The second kappa shape index (κ2) is 9.15. The zero-order valence-electron chi connectivity index (χ0n) is 16.2. The number of methoxy groups -OCH3 is 2. The highest BCUT2D eigenvalue weighted by atomic mass is 79.9. The van der Waals surface area contributed by atoms with Gasteiger partial charge in [-0.1, -0.05) is 12.1 Å². The van der Waals surface area contributed by atoms with Crippen LogP contribution in [0.25, 0.3) is 0 Å². The summed E-state index contributed by atoms with van der Waals surface area (Å²) in [5.74, 6) is 0.0202. The summed E-state index contributed by atoms with van der Waals surface area (Å²) in [6, 6.07) is 12.0. The lowest BCUT2D eigenvalue weighted by Gasteiger charge is -2.31. The van der Waals surface area contributed by atoms with Gasteiger partial charge in [0.1, 0.15) is 16.4 Å². The number of nitrogens with zero attached hydrogens (tertiary/aromatic N) is 1. The van der Waals surface area contributed by atoms with E-state index in [0.717, 1.165) is 4.47 Å². The molecule has 1 aliphatic rings. The van der Waals surface area contributed by atoms with Crippen molar-refractivity contribution >= 4 is 37.5 Å². The summed E-state index contributed by atoms with van der Waals surface area (Å²) < 4.78 is 39.1. The van der Waals surface area contributed by atoms with Crippen LogP contribution in [0, 0.1) is 5.92 Å². The molecule has 1 aliphatic heterocycles. The number of amides is 1. The van der Waals surface area contributed by atoms with Crippen LogP contribution in [0.2, 0.25) is 0 Å². The molecular formula is C20H23BrN2O5S. The van der Waals surface area contributed by atoms with Crippen molar-refractivity contribution < 1.29 is 22.7 Å². The lowest BCUT2D eigenvalue weighted by atomic mass is 9.99. The standard InChI is InChI=1S/C20H23BrN2O5S/c1-27-15-9-10-18(28-2)19(12-15)29(25,26)23-11-5-6-14(13-23)20(24)22-17-8-4-3-7-16(17)21/h3-4,7-10,12,14H,5-6,11,13H2,1-2H3,(H,22,24)/t14-/m0/s1. The van der Waals surface area contributed by atoms with Crippen LogP contribution in [0.1, 0.15) is 12.8 Å². The predicted octanol–water partition coefficient (Wildman–Crippen LogP) is 3.51. The Balaban J connectivity index is 1.81. The number of hydrogen-bond acceptors (Lipinski definition) is 5. The van der Waals surface area contributed by atoms with Gasteiger partial charge in [-0.15, -0.1) is 0 Å². The van der Waals surface area contributed by atoms with Crippen molar-refractivity contribution in [3.63, 3.8) is 0 Å². The average Bonchev–Trinajstić information content (AvgIpc) is 2.74. The number of benzene rings is 2. The Kier molecular flexibility index (Phi) is 6.81. The molecule has 3 rings (SSSR count). The third-order valence-electron chi connectivity index (χ3n) is 4.88. The van der Waals surface area contributed by atoms with Crippen LogP contribution in [0.3, 0.4) is 0 Å². The zero-order chi connectivity index (χ0) is 21.0. The normalized spacial score (nSPS) is 17.6. The fraction of sp³-hybridized carbons (Fsp3) is 0.350. The Hall–Kier alpha value is -2.10. The van der Waals surface area contributed by atoms with E-state index in [9.17, 15) is 13.2 Å². The molecule has 9 heteroatoms. The van der Waals surface area contributed by atoms with Crippen LogP contribution >= 0.6 is 15.9 Å². The Bertz CT molecular complexity index is 996. The number of hydrogen-bond donors (Lipinski definition) is 1. The fourth-order valence-corrected chi connectivity index (χ4v) is 5.38.